The molecule has 14 heavy (non-hydrogen) atoms. The molecule has 0 aromatic heterocycles. The quantitative estimate of drug-likeness (QED) is 0.710. The van der Waals surface area contributed by atoms with Gasteiger partial charge in [-0.2, -0.15) is 0 Å². The Morgan fingerprint density at radius 1 is 1.29 bits per heavy atom. The molecule has 0 spiro atoms. The smallest absolute Gasteiger partial charge is 0.143 e. The van der Waals surface area contributed by atoms with Gasteiger partial charge in [0, 0.05) is 6.54 Å². The van der Waals surface area contributed by atoms with Crippen LogP contribution in [0.15, 0.2) is 30.3 Å². The van der Waals surface area contributed by atoms with E-state index >= 15 is 0 Å². The van der Waals surface area contributed by atoms with Crippen LogP contribution in [0.5, 0.6) is 0 Å². The van der Waals surface area contributed by atoms with Gasteiger partial charge < -0.3 is 0 Å². The zero-order valence-corrected chi connectivity index (χ0v) is 8.86. The van der Waals surface area contributed by atoms with Crippen molar-refractivity contribution in [2.45, 2.75) is 20.4 Å². The number of likely N-dealkylation sites (N-methyl/N-ethyl adjacent to an activating group) is 1. The summed E-state index contributed by atoms with van der Waals surface area (Å²) in [5, 5.41) is 0. The average Bonchev–Trinajstić information content (AvgIpc) is 2.17. The fourth-order valence-corrected chi connectivity index (χ4v) is 1.44. The molecule has 1 aromatic rings. The van der Waals surface area contributed by atoms with E-state index in [2.05, 4.69) is 24.0 Å². The second-order valence-electron chi connectivity index (χ2n) is 3.49. The van der Waals surface area contributed by atoms with Gasteiger partial charge in [0.15, 0.2) is 0 Å². The van der Waals surface area contributed by atoms with Gasteiger partial charge in [0.05, 0.1) is 6.54 Å². The predicted molar refractivity (Wildman–Crippen MR) is 58.1 cm³/mol. The lowest BCUT2D eigenvalue weighted by molar-refractivity contribution is -0.118. The number of rotatable bonds is 5. The Labute approximate surface area is 85.5 Å². The van der Waals surface area contributed by atoms with E-state index in [-0.39, 0.29) is 5.78 Å². The van der Waals surface area contributed by atoms with E-state index in [1.165, 1.54) is 5.56 Å². The lowest BCUT2D eigenvalue weighted by atomic mass is 10.2. The molecule has 0 bridgehead atoms. The fraction of sp³-hybridized carbons (Fsp3) is 0.417. The first-order chi connectivity index (χ1) is 6.72. The summed E-state index contributed by atoms with van der Waals surface area (Å²) in [6, 6.07) is 10.2. The van der Waals surface area contributed by atoms with Gasteiger partial charge in [0.1, 0.15) is 5.78 Å². The van der Waals surface area contributed by atoms with Crippen molar-refractivity contribution in [3.05, 3.63) is 35.9 Å². The summed E-state index contributed by atoms with van der Waals surface area (Å²) in [5.74, 6) is 0.225. The van der Waals surface area contributed by atoms with Crippen LogP contribution in [0, 0.1) is 0 Å². The summed E-state index contributed by atoms with van der Waals surface area (Å²) in [7, 11) is 0. The van der Waals surface area contributed by atoms with Crippen LogP contribution in [0.1, 0.15) is 19.4 Å². The topological polar surface area (TPSA) is 20.3 Å². The molecule has 1 aromatic carbocycles. The van der Waals surface area contributed by atoms with E-state index in [0.717, 1.165) is 13.1 Å². The Morgan fingerprint density at radius 3 is 2.43 bits per heavy atom. The molecule has 0 aliphatic heterocycles. The highest BCUT2D eigenvalue weighted by atomic mass is 16.1. The lowest BCUT2D eigenvalue weighted by Crippen LogP contribution is -2.27. The number of carbonyl (C=O) groups is 1. The monoisotopic (exact) mass is 191 g/mol. The summed E-state index contributed by atoms with van der Waals surface area (Å²) in [5.41, 5.74) is 1.26. The number of ketones is 1. The van der Waals surface area contributed by atoms with Crippen LogP contribution in [0.4, 0.5) is 0 Å². The minimum absolute atomic E-state index is 0.225. The summed E-state index contributed by atoms with van der Waals surface area (Å²) in [6.45, 7) is 6.02. The number of hydrogen-bond acceptors (Lipinski definition) is 2. The van der Waals surface area contributed by atoms with Crippen molar-refractivity contribution in [3.63, 3.8) is 0 Å². The molecule has 0 atom stereocenters. The van der Waals surface area contributed by atoms with E-state index in [1.807, 2.05) is 18.2 Å². The van der Waals surface area contributed by atoms with Gasteiger partial charge >= 0.3 is 0 Å². The zero-order valence-electron chi connectivity index (χ0n) is 8.86. The third kappa shape index (κ3) is 3.71. The molecule has 0 aliphatic rings. The SMILES string of the molecule is CCN(CC(C)=O)Cc1ccccc1. The molecule has 0 heterocycles. The number of nitrogens with zero attached hydrogens (tertiary/aromatic N) is 1. The van der Waals surface area contributed by atoms with Gasteiger partial charge in [0.2, 0.25) is 0 Å². The van der Waals surface area contributed by atoms with Crippen molar-refractivity contribution in [2.24, 2.45) is 0 Å². The van der Waals surface area contributed by atoms with Gasteiger partial charge in [-0.1, -0.05) is 37.3 Å². The van der Waals surface area contributed by atoms with Crippen LogP contribution in [0.3, 0.4) is 0 Å². The molecule has 0 saturated heterocycles. The molecule has 1 rings (SSSR count). The first-order valence-electron chi connectivity index (χ1n) is 4.98. The predicted octanol–water partition coefficient (Wildman–Crippen LogP) is 2.10. The first-order valence-corrected chi connectivity index (χ1v) is 4.98. The minimum Gasteiger partial charge on any atom is -0.299 e. The average molecular weight is 191 g/mol. The van der Waals surface area contributed by atoms with Crippen LogP contribution in [-0.2, 0) is 11.3 Å². The third-order valence-corrected chi connectivity index (χ3v) is 2.14. The van der Waals surface area contributed by atoms with Gasteiger partial charge in [-0.3, -0.25) is 9.69 Å². The molecule has 0 radical (unpaired) electrons. The first kappa shape index (κ1) is 10.9. The molecule has 0 N–H and O–H groups in total. The molecule has 2 heteroatoms. The van der Waals surface area contributed by atoms with Crippen LogP contribution >= 0.6 is 0 Å². The van der Waals surface area contributed by atoms with Crippen LogP contribution in [0.2, 0.25) is 0 Å². The van der Waals surface area contributed by atoms with Crippen molar-refractivity contribution in [1.29, 1.82) is 0 Å². The molecular formula is C12H17NO. The van der Waals surface area contributed by atoms with Crippen molar-refractivity contribution in [2.75, 3.05) is 13.1 Å². The fourth-order valence-electron chi connectivity index (χ4n) is 1.44. The maximum absolute atomic E-state index is 11.0. The van der Waals surface area contributed by atoms with Gasteiger partial charge in [0.25, 0.3) is 0 Å². The van der Waals surface area contributed by atoms with Gasteiger partial charge in [-0.05, 0) is 19.0 Å². The van der Waals surface area contributed by atoms with Crippen molar-refractivity contribution in [3.8, 4) is 0 Å². The third-order valence-electron chi connectivity index (χ3n) is 2.14. The highest BCUT2D eigenvalue weighted by molar-refractivity contribution is 5.77. The maximum Gasteiger partial charge on any atom is 0.143 e. The summed E-state index contributed by atoms with van der Waals surface area (Å²) < 4.78 is 0. The Hall–Kier alpha value is -1.15. The highest BCUT2D eigenvalue weighted by Gasteiger charge is 2.05. The molecule has 0 unspecified atom stereocenters. The van der Waals surface area contributed by atoms with E-state index in [0.29, 0.717) is 6.54 Å². The lowest BCUT2D eigenvalue weighted by Gasteiger charge is -2.18. The minimum atomic E-state index is 0.225. The number of benzene rings is 1. The van der Waals surface area contributed by atoms with Crippen LogP contribution in [0.25, 0.3) is 0 Å². The largest absolute Gasteiger partial charge is 0.299 e. The number of Topliss-reactive ketones (excluding diaryl/α,β-unsaturated/α-hetero) is 1. The van der Waals surface area contributed by atoms with Crippen molar-refractivity contribution < 1.29 is 4.79 Å². The van der Waals surface area contributed by atoms with Crippen molar-refractivity contribution in [1.82, 2.24) is 4.90 Å². The molecule has 0 aliphatic carbocycles. The molecule has 0 saturated carbocycles. The molecule has 76 valence electrons. The zero-order chi connectivity index (χ0) is 10.4. The normalized spacial score (nSPS) is 10.5. The van der Waals surface area contributed by atoms with E-state index in [4.69, 9.17) is 0 Å². The van der Waals surface area contributed by atoms with Crippen LogP contribution in [-0.4, -0.2) is 23.8 Å². The molecule has 0 amide bonds. The maximum atomic E-state index is 11.0. The van der Waals surface area contributed by atoms with E-state index < -0.39 is 0 Å². The molecule has 0 fully saturated rings. The van der Waals surface area contributed by atoms with E-state index in [1.54, 1.807) is 6.92 Å². The van der Waals surface area contributed by atoms with Gasteiger partial charge in [-0.15, -0.1) is 0 Å². The highest BCUT2D eigenvalue weighted by Crippen LogP contribution is 2.03. The van der Waals surface area contributed by atoms with E-state index in [9.17, 15) is 4.79 Å². The molecule has 2 nitrogen and oxygen atoms in total. The van der Waals surface area contributed by atoms with Crippen molar-refractivity contribution >= 4 is 5.78 Å². The number of carbonyl (C=O) groups excluding carboxylic acids is 1. The Kier molecular flexibility index (Phi) is 4.33. The Bertz CT molecular complexity index is 282. The summed E-state index contributed by atoms with van der Waals surface area (Å²) in [6.07, 6.45) is 0. The second-order valence-corrected chi connectivity index (χ2v) is 3.49. The second kappa shape index (κ2) is 5.55. The standard InChI is InChI=1S/C12H17NO/c1-3-13(9-11(2)14)10-12-7-5-4-6-8-12/h4-8H,3,9-10H2,1-2H3. The van der Waals surface area contributed by atoms with Crippen LogP contribution < -0.4 is 0 Å². The Balaban J connectivity index is 2.53. The Morgan fingerprint density at radius 2 is 1.93 bits per heavy atom. The van der Waals surface area contributed by atoms with Gasteiger partial charge in [-0.25, -0.2) is 0 Å². The summed E-state index contributed by atoms with van der Waals surface area (Å²) >= 11 is 0. The summed E-state index contributed by atoms with van der Waals surface area (Å²) in [4.78, 5) is 13.1. The molecular weight excluding hydrogens is 174 g/mol. The number of hydrogen-bond donors (Lipinski definition) is 0.